The summed E-state index contributed by atoms with van der Waals surface area (Å²) in [4.78, 5) is 62.0. The summed E-state index contributed by atoms with van der Waals surface area (Å²) in [5, 5.41) is 11.6. The van der Waals surface area contributed by atoms with Gasteiger partial charge in [-0.1, -0.05) is 151 Å². The zero-order valence-electron chi connectivity index (χ0n) is 42.7. The van der Waals surface area contributed by atoms with E-state index in [0.29, 0.717) is 37.7 Å². The molecule has 370 valence electrons. The summed E-state index contributed by atoms with van der Waals surface area (Å²) in [6.07, 6.45) is 4.11. The van der Waals surface area contributed by atoms with Crippen molar-refractivity contribution < 1.29 is 28.0 Å². The predicted molar refractivity (Wildman–Crippen MR) is 285 cm³/mol. The van der Waals surface area contributed by atoms with Gasteiger partial charge in [-0.2, -0.15) is 0 Å². The predicted octanol–water partition coefficient (Wildman–Crippen LogP) is 9.07. The Bertz CT molecular complexity index is 1720. The average molecular weight is 986 g/mol. The molecule has 0 aromatic heterocycles. The van der Waals surface area contributed by atoms with Crippen molar-refractivity contribution in [1.82, 2.24) is 21.3 Å². The summed E-state index contributed by atoms with van der Waals surface area (Å²) >= 11 is 0. The minimum Gasteiger partial charge on any atom is -0.404 e. The SMILES string of the molecule is CC(C)(C=NCCc1ccccc1)[C@@H](O[Si](C)(C)C(C)(C)C)C(=O)NCCC(=O)NCCSSCCNC(=O)CCNC(=O)[C@H](O[Si](C)(C)C(C)(C)C)C(C)(C)C=NCCc1ccccc1. The number of aliphatic imine (C=N–C) groups is 2. The maximum Gasteiger partial charge on any atom is 0.248 e. The molecule has 4 N–H and O–H groups in total. The zero-order valence-corrected chi connectivity index (χ0v) is 46.4. The van der Waals surface area contributed by atoms with Crippen LogP contribution in [0.3, 0.4) is 0 Å². The maximum atomic E-state index is 13.7. The highest BCUT2D eigenvalue weighted by Crippen LogP contribution is 2.41. The standard InChI is InChI=1S/C50H84N6O6S2Si2/c1-47(2,3)65(11,12)61-43(49(7,8)37-51-29-25-39-21-17-15-18-22-39)45(59)55-31-27-41(57)53-33-35-63-64-36-34-54-42(58)28-32-56-46(60)44(62-66(13,14)48(4,5)6)50(9,10)38-52-30-26-40-23-19-16-20-24-40/h15-24,37-38,43-44H,25-36H2,1-14H3,(H,53,57)(H,54,58)(H,55,59)(H,56,60)/t43-,44-/m0/s1. The van der Waals surface area contributed by atoms with E-state index < -0.39 is 39.7 Å². The second-order valence-corrected chi connectivity index (χ2v) is 33.3. The number of amides is 4. The summed E-state index contributed by atoms with van der Waals surface area (Å²) in [5.41, 5.74) is 1.08. The van der Waals surface area contributed by atoms with Gasteiger partial charge in [0.15, 0.2) is 16.6 Å². The van der Waals surface area contributed by atoms with Crippen LogP contribution in [-0.4, -0.2) is 116 Å². The van der Waals surface area contributed by atoms with Gasteiger partial charge in [0, 0.05) is 86.9 Å². The number of nitrogens with zero attached hydrogens (tertiary/aromatic N) is 2. The number of benzene rings is 2. The Labute approximate surface area is 408 Å². The number of hydrogen-bond acceptors (Lipinski definition) is 10. The van der Waals surface area contributed by atoms with E-state index in [0.717, 1.165) is 12.8 Å². The van der Waals surface area contributed by atoms with Crippen LogP contribution in [0.2, 0.25) is 36.3 Å². The van der Waals surface area contributed by atoms with Crippen LogP contribution in [0.25, 0.3) is 0 Å². The molecule has 2 aromatic carbocycles. The number of nitrogens with one attached hydrogen (secondary N) is 4. The van der Waals surface area contributed by atoms with E-state index in [9.17, 15) is 19.2 Å². The second kappa shape index (κ2) is 27.6. The molecule has 0 aliphatic carbocycles. The van der Waals surface area contributed by atoms with E-state index in [4.69, 9.17) is 18.8 Å². The van der Waals surface area contributed by atoms with E-state index in [1.807, 2.05) is 76.5 Å². The summed E-state index contributed by atoms with van der Waals surface area (Å²) < 4.78 is 13.4. The number of carbonyl (C=O) groups is 4. The molecule has 0 aliphatic rings. The van der Waals surface area contributed by atoms with Gasteiger partial charge < -0.3 is 30.1 Å². The molecule has 2 aromatic rings. The van der Waals surface area contributed by atoms with E-state index in [1.54, 1.807) is 21.6 Å². The summed E-state index contributed by atoms with van der Waals surface area (Å²) in [7, 11) is -1.43. The Hall–Kier alpha value is -3.29. The minimum absolute atomic E-state index is 0.0969. The number of hydrogen-bond donors (Lipinski definition) is 4. The van der Waals surface area contributed by atoms with Crippen molar-refractivity contribution in [2.24, 2.45) is 20.8 Å². The van der Waals surface area contributed by atoms with Gasteiger partial charge in [0.2, 0.25) is 23.6 Å². The van der Waals surface area contributed by atoms with Gasteiger partial charge in [0.05, 0.1) is 0 Å². The topological polar surface area (TPSA) is 160 Å². The first kappa shape index (κ1) is 58.8. The monoisotopic (exact) mass is 985 g/mol. The molecule has 16 heteroatoms. The molecule has 0 bridgehead atoms. The molecular weight excluding hydrogens is 901 g/mol. The smallest absolute Gasteiger partial charge is 0.248 e. The van der Waals surface area contributed by atoms with Crippen LogP contribution in [0.4, 0.5) is 0 Å². The Morgan fingerprint density at radius 2 is 0.879 bits per heavy atom. The number of carbonyl (C=O) groups excluding carboxylic acids is 4. The van der Waals surface area contributed by atoms with Crippen molar-refractivity contribution in [2.45, 2.75) is 143 Å². The van der Waals surface area contributed by atoms with Crippen molar-refractivity contribution in [3.8, 4) is 0 Å². The van der Waals surface area contributed by atoms with Gasteiger partial charge >= 0.3 is 0 Å². The molecule has 12 nitrogen and oxygen atoms in total. The van der Waals surface area contributed by atoms with E-state index >= 15 is 0 Å². The highest BCUT2D eigenvalue weighted by molar-refractivity contribution is 8.76. The maximum absolute atomic E-state index is 13.7. The highest BCUT2D eigenvalue weighted by atomic mass is 33.1. The van der Waals surface area contributed by atoms with Gasteiger partial charge in [-0.15, -0.1) is 0 Å². The molecule has 2 atom stereocenters. The molecule has 0 aliphatic heterocycles. The molecule has 0 unspecified atom stereocenters. The average Bonchev–Trinajstić information content (AvgIpc) is 3.23. The van der Waals surface area contributed by atoms with Crippen molar-refractivity contribution in [2.75, 3.05) is 50.8 Å². The third-order valence-electron chi connectivity index (χ3n) is 12.3. The Balaban J connectivity index is 1.74. The summed E-state index contributed by atoms with van der Waals surface area (Å²) in [6, 6.07) is 20.4. The first-order valence-electron chi connectivity index (χ1n) is 23.5. The molecule has 0 fully saturated rings. The lowest BCUT2D eigenvalue weighted by Crippen LogP contribution is -2.54. The van der Waals surface area contributed by atoms with Crippen LogP contribution in [0.1, 0.15) is 93.2 Å². The third-order valence-corrected chi connectivity index (χ3v) is 23.5. The van der Waals surface area contributed by atoms with Crippen molar-refractivity contribution in [3.63, 3.8) is 0 Å². The van der Waals surface area contributed by atoms with Crippen LogP contribution in [-0.2, 0) is 40.9 Å². The molecule has 2 rings (SSSR count). The largest absolute Gasteiger partial charge is 0.404 e. The van der Waals surface area contributed by atoms with Crippen LogP contribution in [0.5, 0.6) is 0 Å². The van der Waals surface area contributed by atoms with Gasteiger partial charge in [0.25, 0.3) is 0 Å². The molecule has 0 spiro atoms. The van der Waals surface area contributed by atoms with E-state index in [-0.39, 0.29) is 59.6 Å². The van der Waals surface area contributed by atoms with Gasteiger partial charge in [-0.25, -0.2) is 0 Å². The molecule has 4 amide bonds. The van der Waals surface area contributed by atoms with E-state index in [2.05, 4.69) is 113 Å². The van der Waals surface area contributed by atoms with Gasteiger partial charge in [0.1, 0.15) is 12.2 Å². The molecule has 0 saturated heterocycles. The zero-order chi connectivity index (χ0) is 49.7. The molecule has 66 heavy (non-hydrogen) atoms. The second-order valence-electron chi connectivity index (χ2n) is 21.1. The molecule has 0 heterocycles. The molecule has 0 radical (unpaired) electrons. The third kappa shape index (κ3) is 21.8. The highest BCUT2D eigenvalue weighted by Gasteiger charge is 2.46. The summed E-state index contributed by atoms with van der Waals surface area (Å²) in [6.45, 7) is 31.9. The number of rotatable bonds is 29. The van der Waals surface area contributed by atoms with Crippen LogP contribution < -0.4 is 21.3 Å². The van der Waals surface area contributed by atoms with Crippen LogP contribution in [0, 0.1) is 10.8 Å². The van der Waals surface area contributed by atoms with Crippen LogP contribution >= 0.6 is 21.6 Å². The lowest BCUT2D eigenvalue weighted by molar-refractivity contribution is -0.132. The van der Waals surface area contributed by atoms with Crippen molar-refractivity contribution in [3.05, 3.63) is 71.8 Å². The molecule has 0 saturated carbocycles. The first-order valence-corrected chi connectivity index (χ1v) is 31.8. The fourth-order valence-electron chi connectivity index (χ4n) is 5.98. The lowest BCUT2D eigenvalue weighted by atomic mass is 9.87. The van der Waals surface area contributed by atoms with Crippen LogP contribution in [0.15, 0.2) is 70.6 Å². The van der Waals surface area contributed by atoms with Gasteiger partial charge in [-0.3, -0.25) is 29.2 Å². The lowest BCUT2D eigenvalue weighted by Gasteiger charge is -2.42. The Morgan fingerprint density at radius 3 is 1.20 bits per heavy atom. The first-order chi connectivity index (χ1) is 30.7. The van der Waals surface area contributed by atoms with Crippen molar-refractivity contribution in [1.29, 1.82) is 0 Å². The minimum atomic E-state index is -2.33. The fraction of sp³-hybridized carbons (Fsp3) is 0.640. The van der Waals surface area contributed by atoms with E-state index in [1.165, 1.54) is 11.1 Å². The summed E-state index contributed by atoms with van der Waals surface area (Å²) in [5.74, 6) is 0.609. The van der Waals surface area contributed by atoms with Crippen molar-refractivity contribution >= 4 is 74.3 Å². The fourth-order valence-corrected chi connectivity index (χ4v) is 10.5. The Kier molecular flexibility index (Phi) is 24.6. The Morgan fingerprint density at radius 1 is 0.545 bits per heavy atom. The normalized spacial score (nSPS) is 14.0. The van der Waals surface area contributed by atoms with Gasteiger partial charge in [-0.05, 0) is 60.2 Å². The molecular formula is C50H84N6O6S2Si2. The quantitative estimate of drug-likeness (QED) is 0.0272.